The van der Waals surface area contributed by atoms with Crippen molar-refractivity contribution in [2.45, 2.75) is 4.90 Å². The number of aryl methyl sites for hydroxylation is 1. The summed E-state index contributed by atoms with van der Waals surface area (Å²) in [5.41, 5.74) is 0.935. The van der Waals surface area contributed by atoms with Crippen molar-refractivity contribution < 1.29 is 17.9 Å². The van der Waals surface area contributed by atoms with Gasteiger partial charge in [0.2, 0.25) is 0 Å². The van der Waals surface area contributed by atoms with Crippen molar-refractivity contribution in [3.8, 4) is 0 Å². The summed E-state index contributed by atoms with van der Waals surface area (Å²) in [6.07, 6.45) is 1.09. The van der Waals surface area contributed by atoms with Crippen molar-refractivity contribution in [3.63, 3.8) is 0 Å². The number of hydrogen-bond acceptors (Lipinski definition) is 4. The Morgan fingerprint density at radius 3 is 2.47 bits per heavy atom. The predicted octanol–water partition coefficient (Wildman–Crippen LogP) is 2.02. The molecule has 19 heavy (non-hydrogen) atoms. The van der Waals surface area contributed by atoms with Gasteiger partial charge in [0.15, 0.2) is 9.84 Å². The van der Waals surface area contributed by atoms with Crippen LogP contribution in [-0.2, 0) is 21.6 Å². The first kappa shape index (κ1) is 13.9. The number of carbonyl (C=O) groups excluding carboxylic acids is 1. The number of halogens is 1. The van der Waals surface area contributed by atoms with Gasteiger partial charge >= 0.3 is 5.97 Å². The number of methoxy groups -OCH3 is 1. The second-order valence-electron chi connectivity index (χ2n) is 4.19. The van der Waals surface area contributed by atoms with Crippen LogP contribution in [0.1, 0.15) is 10.5 Å². The summed E-state index contributed by atoms with van der Waals surface area (Å²) in [7, 11) is -0.472. The van der Waals surface area contributed by atoms with Gasteiger partial charge in [0.25, 0.3) is 0 Å². The normalized spacial score (nSPS) is 11.8. The molecule has 0 saturated carbocycles. The van der Waals surface area contributed by atoms with Gasteiger partial charge in [0.1, 0.15) is 5.69 Å². The van der Waals surface area contributed by atoms with Crippen molar-refractivity contribution in [2.24, 2.45) is 7.05 Å². The topological polar surface area (TPSA) is 65.4 Å². The summed E-state index contributed by atoms with van der Waals surface area (Å²) in [5, 5.41) is 0.817. The monoisotopic (exact) mass is 301 g/mol. The number of aromatic nitrogens is 1. The molecular weight excluding hydrogens is 290 g/mol. The molecule has 0 aliphatic carbocycles. The number of carbonyl (C=O) groups is 1. The molecule has 0 atom stereocenters. The Balaban J connectivity index is 2.80. The van der Waals surface area contributed by atoms with E-state index >= 15 is 0 Å². The SMILES string of the molecule is COC(=O)c1cc2cc(Cl)c(S(C)(=O)=O)cc2n1C. The van der Waals surface area contributed by atoms with Crippen LogP contribution in [0.3, 0.4) is 0 Å². The fourth-order valence-corrected chi connectivity index (χ4v) is 3.25. The van der Waals surface area contributed by atoms with Crippen molar-refractivity contribution >= 4 is 38.3 Å². The van der Waals surface area contributed by atoms with Crippen molar-refractivity contribution in [3.05, 3.63) is 28.9 Å². The first-order chi connectivity index (χ1) is 8.75. The minimum Gasteiger partial charge on any atom is -0.464 e. The maximum atomic E-state index is 11.6. The number of fused-ring (bicyclic) bond motifs is 1. The lowest BCUT2D eigenvalue weighted by atomic mass is 10.2. The second-order valence-corrected chi connectivity index (χ2v) is 6.59. The van der Waals surface area contributed by atoms with E-state index in [9.17, 15) is 13.2 Å². The van der Waals surface area contributed by atoms with Crippen LogP contribution in [0.2, 0.25) is 5.02 Å². The maximum Gasteiger partial charge on any atom is 0.354 e. The first-order valence-electron chi connectivity index (χ1n) is 5.33. The number of nitrogens with zero attached hydrogens (tertiary/aromatic N) is 1. The molecule has 0 N–H and O–H groups in total. The highest BCUT2D eigenvalue weighted by atomic mass is 35.5. The van der Waals surface area contributed by atoms with E-state index in [1.165, 1.54) is 19.2 Å². The summed E-state index contributed by atoms with van der Waals surface area (Å²) in [5.74, 6) is -0.490. The third-order valence-corrected chi connectivity index (χ3v) is 4.45. The minimum atomic E-state index is -3.42. The molecule has 102 valence electrons. The summed E-state index contributed by atoms with van der Waals surface area (Å²) < 4.78 is 29.5. The molecule has 1 aromatic heterocycles. The number of ether oxygens (including phenoxy) is 1. The Labute approximate surface area is 115 Å². The average molecular weight is 302 g/mol. The zero-order valence-electron chi connectivity index (χ0n) is 10.6. The highest BCUT2D eigenvalue weighted by Crippen LogP contribution is 2.29. The van der Waals surface area contributed by atoms with Gasteiger partial charge < -0.3 is 9.30 Å². The van der Waals surface area contributed by atoms with Crippen LogP contribution in [0.5, 0.6) is 0 Å². The van der Waals surface area contributed by atoms with E-state index in [1.54, 1.807) is 17.7 Å². The Kier molecular flexibility index (Phi) is 3.32. The number of rotatable bonds is 2. The fraction of sp³-hybridized carbons (Fsp3) is 0.250. The van der Waals surface area contributed by atoms with Crippen LogP contribution in [0, 0.1) is 0 Å². The van der Waals surface area contributed by atoms with Gasteiger partial charge in [-0.05, 0) is 18.2 Å². The van der Waals surface area contributed by atoms with Crippen LogP contribution in [0.4, 0.5) is 0 Å². The van der Waals surface area contributed by atoms with Crippen LogP contribution < -0.4 is 0 Å². The van der Waals surface area contributed by atoms with Gasteiger partial charge in [-0.2, -0.15) is 0 Å². The number of esters is 1. The molecule has 0 spiro atoms. The molecule has 2 aromatic rings. The highest BCUT2D eigenvalue weighted by Gasteiger charge is 2.18. The maximum absolute atomic E-state index is 11.6. The fourth-order valence-electron chi connectivity index (χ4n) is 1.92. The Hall–Kier alpha value is -1.53. The lowest BCUT2D eigenvalue weighted by Gasteiger charge is -2.05. The standard InChI is InChI=1S/C12H12ClNO4S/c1-14-9-6-11(19(3,16)17)8(13)4-7(9)5-10(14)12(15)18-2/h4-6H,1-3H3. The van der Waals surface area contributed by atoms with Crippen LogP contribution in [0.25, 0.3) is 10.9 Å². The van der Waals surface area contributed by atoms with E-state index in [-0.39, 0.29) is 9.92 Å². The van der Waals surface area contributed by atoms with Crippen LogP contribution in [-0.4, -0.2) is 32.3 Å². The van der Waals surface area contributed by atoms with E-state index in [1.807, 2.05) is 0 Å². The molecular formula is C12H12ClNO4S. The quantitative estimate of drug-likeness (QED) is 0.796. The number of benzene rings is 1. The van der Waals surface area contributed by atoms with E-state index in [2.05, 4.69) is 4.74 Å². The van der Waals surface area contributed by atoms with Gasteiger partial charge in [0, 0.05) is 24.2 Å². The van der Waals surface area contributed by atoms with E-state index in [4.69, 9.17) is 11.6 Å². The van der Waals surface area contributed by atoms with Gasteiger partial charge in [-0.3, -0.25) is 0 Å². The Morgan fingerprint density at radius 2 is 1.95 bits per heavy atom. The summed E-state index contributed by atoms with van der Waals surface area (Å²) in [4.78, 5) is 11.6. The van der Waals surface area contributed by atoms with Crippen molar-refractivity contribution in [1.29, 1.82) is 0 Å². The molecule has 0 fully saturated rings. The van der Waals surface area contributed by atoms with E-state index in [0.717, 1.165) is 6.26 Å². The van der Waals surface area contributed by atoms with Gasteiger partial charge in [-0.25, -0.2) is 13.2 Å². The second kappa shape index (κ2) is 4.54. The zero-order chi connectivity index (χ0) is 14.4. The molecule has 1 aromatic carbocycles. The smallest absolute Gasteiger partial charge is 0.354 e. The molecule has 1 heterocycles. The molecule has 0 unspecified atom stereocenters. The highest BCUT2D eigenvalue weighted by molar-refractivity contribution is 7.90. The first-order valence-corrected chi connectivity index (χ1v) is 7.60. The lowest BCUT2D eigenvalue weighted by Crippen LogP contribution is -2.07. The van der Waals surface area contributed by atoms with Crippen molar-refractivity contribution in [2.75, 3.05) is 13.4 Å². The molecule has 0 amide bonds. The molecule has 0 saturated heterocycles. The molecule has 0 bridgehead atoms. The molecule has 7 heteroatoms. The van der Waals surface area contributed by atoms with Gasteiger partial charge in [-0.15, -0.1) is 0 Å². The zero-order valence-corrected chi connectivity index (χ0v) is 12.2. The number of sulfone groups is 1. The molecule has 2 rings (SSSR count). The minimum absolute atomic E-state index is 0.0410. The molecule has 5 nitrogen and oxygen atoms in total. The summed E-state index contributed by atoms with van der Waals surface area (Å²) in [6.45, 7) is 0. The third-order valence-electron chi connectivity index (χ3n) is 2.89. The van der Waals surface area contributed by atoms with E-state index < -0.39 is 15.8 Å². The van der Waals surface area contributed by atoms with Crippen LogP contribution in [0.15, 0.2) is 23.1 Å². The summed E-state index contributed by atoms with van der Waals surface area (Å²) in [6, 6.07) is 4.60. The summed E-state index contributed by atoms with van der Waals surface area (Å²) >= 11 is 5.96. The largest absolute Gasteiger partial charge is 0.464 e. The van der Waals surface area contributed by atoms with Gasteiger partial charge in [-0.1, -0.05) is 11.6 Å². The predicted molar refractivity (Wildman–Crippen MR) is 72.4 cm³/mol. The lowest BCUT2D eigenvalue weighted by molar-refractivity contribution is 0.0590. The van der Waals surface area contributed by atoms with Crippen LogP contribution >= 0.6 is 11.6 Å². The number of hydrogen-bond donors (Lipinski definition) is 0. The Morgan fingerprint density at radius 1 is 1.32 bits per heavy atom. The molecule has 0 aliphatic rings. The van der Waals surface area contributed by atoms with Crippen molar-refractivity contribution in [1.82, 2.24) is 4.57 Å². The average Bonchev–Trinajstić information content (AvgIpc) is 2.63. The Bertz CT molecular complexity index is 777. The molecule has 0 radical (unpaired) electrons. The van der Waals surface area contributed by atoms with Gasteiger partial charge in [0.05, 0.1) is 17.0 Å². The molecule has 0 aliphatic heterocycles. The van der Waals surface area contributed by atoms with E-state index in [0.29, 0.717) is 16.6 Å². The third kappa shape index (κ3) is 2.33.